The SMILES string of the molecule is CN1CCOc2ccc(C3C(N)C3(C)C)cc21. The Labute approximate surface area is 103 Å². The highest BCUT2D eigenvalue weighted by Crippen LogP contribution is 2.58. The smallest absolute Gasteiger partial charge is 0.142 e. The fourth-order valence-corrected chi connectivity index (χ4v) is 2.88. The minimum absolute atomic E-state index is 0.238. The first-order chi connectivity index (χ1) is 8.01. The van der Waals surface area contributed by atoms with E-state index in [1.165, 1.54) is 11.3 Å². The van der Waals surface area contributed by atoms with Gasteiger partial charge in [-0.2, -0.15) is 0 Å². The molecule has 3 rings (SSSR count). The second kappa shape index (κ2) is 3.39. The summed E-state index contributed by atoms with van der Waals surface area (Å²) in [6.07, 6.45) is 0. The number of benzene rings is 1. The third kappa shape index (κ3) is 1.53. The average molecular weight is 232 g/mol. The van der Waals surface area contributed by atoms with Crippen molar-refractivity contribution in [3.05, 3.63) is 23.8 Å². The Hall–Kier alpha value is -1.22. The van der Waals surface area contributed by atoms with Gasteiger partial charge in [0, 0.05) is 19.0 Å². The molecule has 0 saturated heterocycles. The van der Waals surface area contributed by atoms with E-state index in [4.69, 9.17) is 10.5 Å². The molecule has 2 unspecified atom stereocenters. The highest BCUT2D eigenvalue weighted by atomic mass is 16.5. The average Bonchev–Trinajstić information content (AvgIpc) is 2.79. The molecule has 0 aromatic heterocycles. The quantitative estimate of drug-likeness (QED) is 0.804. The largest absolute Gasteiger partial charge is 0.490 e. The summed E-state index contributed by atoms with van der Waals surface area (Å²) in [5.74, 6) is 1.48. The molecule has 0 spiro atoms. The molecule has 0 radical (unpaired) electrons. The molecule has 3 heteroatoms. The van der Waals surface area contributed by atoms with Crippen LogP contribution >= 0.6 is 0 Å². The van der Waals surface area contributed by atoms with Gasteiger partial charge in [0.2, 0.25) is 0 Å². The third-order valence-electron chi connectivity index (χ3n) is 4.35. The molecule has 17 heavy (non-hydrogen) atoms. The van der Waals surface area contributed by atoms with E-state index in [9.17, 15) is 0 Å². The lowest BCUT2D eigenvalue weighted by atomic mass is 10.0. The topological polar surface area (TPSA) is 38.5 Å². The van der Waals surface area contributed by atoms with Gasteiger partial charge in [0.1, 0.15) is 12.4 Å². The van der Waals surface area contributed by atoms with Gasteiger partial charge in [-0.1, -0.05) is 19.9 Å². The standard InChI is InChI=1S/C14H20N2O/c1-14(2)12(13(14)15)9-4-5-11-10(8-9)16(3)6-7-17-11/h4-5,8,12-13H,6-7,15H2,1-3H3. The van der Waals surface area contributed by atoms with Crippen molar-refractivity contribution in [2.75, 3.05) is 25.1 Å². The fraction of sp³-hybridized carbons (Fsp3) is 0.571. The van der Waals surface area contributed by atoms with E-state index >= 15 is 0 Å². The molecule has 3 nitrogen and oxygen atoms in total. The normalized spacial score (nSPS) is 29.5. The zero-order valence-corrected chi connectivity index (χ0v) is 10.7. The van der Waals surface area contributed by atoms with Crippen molar-refractivity contribution in [1.82, 2.24) is 0 Å². The summed E-state index contributed by atoms with van der Waals surface area (Å²) in [7, 11) is 2.11. The Morgan fingerprint density at radius 2 is 2.12 bits per heavy atom. The van der Waals surface area contributed by atoms with Gasteiger partial charge < -0.3 is 15.4 Å². The lowest BCUT2D eigenvalue weighted by molar-refractivity contribution is 0.311. The summed E-state index contributed by atoms with van der Waals surface area (Å²) in [5.41, 5.74) is 8.92. The molecule has 1 aliphatic carbocycles. The van der Waals surface area contributed by atoms with Crippen LogP contribution in [0, 0.1) is 5.41 Å². The van der Waals surface area contributed by atoms with Crippen molar-refractivity contribution in [2.24, 2.45) is 11.1 Å². The number of hydrogen-bond donors (Lipinski definition) is 1. The van der Waals surface area contributed by atoms with Crippen LogP contribution in [0.1, 0.15) is 25.3 Å². The van der Waals surface area contributed by atoms with Crippen LogP contribution in [0.3, 0.4) is 0 Å². The molecule has 1 aliphatic heterocycles. The Kier molecular flexibility index (Phi) is 2.17. The van der Waals surface area contributed by atoms with Gasteiger partial charge in [-0.3, -0.25) is 0 Å². The van der Waals surface area contributed by atoms with Crippen LogP contribution in [0.5, 0.6) is 5.75 Å². The number of nitrogens with two attached hydrogens (primary N) is 1. The zero-order chi connectivity index (χ0) is 12.2. The second-order valence-electron chi connectivity index (χ2n) is 5.82. The zero-order valence-electron chi connectivity index (χ0n) is 10.7. The number of ether oxygens (including phenoxy) is 1. The van der Waals surface area contributed by atoms with Crippen molar-refractivity contribution < 1.29 is 4.74 Å². The van der Waals surface area contributed by atoms with Crippen molar-refractivity contribution in [1.29, 1.82) is 0 Å². The first-order valence-corrected chi connectivity index (χ1v) is 6.25. The van der Waals surface area contributed by atoms with Crippen molar-refractivity contribution in [3.8, 4) is 5.75 Å². The van der Waals surface area contributed by atoms with E-state index in [1.807, 2.05) is 0 Å². The third-order valence-corrected chi connectivity index (χ3v) is 4.35. The maximum Gasteiger partial charge on any atom is 0.142 e. The van der Waals surface area contributed by atoms with Crippen LogP contribution < -0.4 is 15.4 Å². The molecule has 92 valence electrons. The van der Waals surface area contributed by atoms with Crippen LogP contribution in [0.15, 0.2) is 18.2 Å². The van der Waals surface area contributed by atoms with Crippen LogP contribution in [0.25, 0.3) is 0 Å². The van der Waals surface area contributed by atoms with Crippen LogP contribution in [-0.2, 0) is 0 Å². The first-order valence-electron chi connectivity index (χ1n) is 6.25. The van der Waals surface area contributed by atoms with Crippen molar-refractivity contribution >= 4 is 5.69 Å². The number of rotatable bonds is 1. The highest BCUT2D eigenvalue weighted by Gasteiger charge is 2.56. The fourth-order valence-electron chi connectivity index (χ4n) is 2.88. The molecule has 1 saturated carbocycles. The van der Waals surface area contributed by atoms with E-state index in [2.05, 4.69) is 44.0 Å². The monoisotopic (exact) mass is 232 g/mol. The van der Waals surface area contributed by atoms with Gasteiger partial charge in [0.05, 0.1) is 12.2 Å². The summed E-state index contributed by atoms with van der Waals surface area (Å²) in [4.78, 5) is 2.25. The maximum atomic E-state index is 6.14. The summed E-state index contributed by atoms with van der Waals surface area (Å²) < 4.78 is 5.65. The van der Waals surface area contributed by atoms with Gasteiger partial charge in [-0.25, -0.2) is 0 Å². The molecule has 2 aliphatic rings. The predicted molar refractivity (Wildman–Crippen MR) is 69.7 cm³/mol. The van der Waals surface area contributed by atoms with Gasteiger partial charge in [-0.05, 0) is 23.1 Å². The lowest BCUT2D eigenvalue weighted by Crippen LogP contribution is -2.28. The molecule has 1 heterocycles. The molecule has 1 fully saturated rings. The molecule has 2 N–H and O–H groups in total. The van der Waals surface area contributed by atoms with E-state index < -0.39 is 0 Å². The van der Waals surface area contributed by atoms with Crippen molar-refractivity contribution in [3.63, 3.8) is 0 Å². The minimum atomic E-state index is 0.238. The Morgan fingerprint density at radius 1 is 1.41 bits per heavy atom. The summed E-state index contributed by atoms with van der Waals surface area (Å²) in [5, 5.41) is 0. The van der Waals surface area contributed by atoms with E-state index in [0.717, 1.165) is 18.9 Å². The van der Waals surface area contributed by atoms with Gasteiger partial charge in [0.15, 0.2) is 0 Å². The Morgan fingerprint density at radius 3 is 2.76 bits per heavy atom. The summed E-state index contributed by atoms with van der Waals surface area (Å²) >= 11 is 0. The molecule has 0 amide bonds. The molecular weight excluding hydrogens is 212 g/mol. The number of likely N-dealkylation sites (N-methyl/N-ethyl adjacent to an activating group) is 1. The Bertz CT molecular complexity index is 456. The number of fused-ring (bicyclic) bond motifs is 1. The molecule has 1 aromatic carbocycles. The first kappa shape index (κ1) is 10.9. The van der Waals surface area contributed by atoms with E-state index in [1.54, 1.807) is 0 Å². The Balaban J connectivity index is 1.96. The van der Waals surface area contributed by atoms with Gasteiger partial charge >= 0.3 is 0 Å². The summed E-state index contributed by atoms with van der Waals surface area (Å²) in [6.45, 7) is 6.21. The van der Waals surface area contributed by atoms with Crippen LogP contribution in [-0.4, -0.2) is 26.2 Å². The molecule has 1 aromatic rings. The van der Waals surface area contributed by atoms with E-state index in [0.29, 0.717) is 5.92 Å². The highest BCUT2D eigenvalue weighted by molar-refractivity contribution is 5.62. The predicted octanol–water partition coefficient (Wildman–Crippen LogP) is 1.97. The van der Waals surface area contributed by atoms with Crippen LogP contribution in [0.4, 0.5) is 5.69 Å². The van der Waals surface area contributed by atoms with Crippen LogP contribution in [0.2, 0.25) is 0 Å². The molecule has 2 atom stereocenters. The lowest BCUT2D eigenvalue weighted by Gasteiger charge is -2.28. The number of anilines is 1. The number of hydrogen-bond acceptors (Lipinski definition) is 3. The molecule has 0 bridgehead atoms. The number of nitrogens with zero attached hydrogens (tertiary/aromatic N) is 1. The molecular formula is C14H20N2O. The van der Waals surface area contributed by atoms with Crippen molar-refractivity contribution in [2.45, 2.75) is 25.8 Å². The second-order valence-corrected chi connectivity index (χ2v) is 5.82. The minimum Gasteiger partial charge on any atom is -0.490 e. The van der Waals surface area contributed by atoms with Gasteiger partial charge in [0.25, 0.3) is 0 Å². The van der Waals surface area contributed by atoms with E-state index in [-0.39, 0.29) is 11.5 Å². The van der Waals surface area contributed by atoms with Gasteiger partial charge in [-0.15, -0.1) is 0 Å². The summed E-state index contributed by atoms with van der Waals surface area (Å²) in [6, 6.07) is 6.78. The maximum absolute atomic E-state index is 6.14.